The van der Waals surface area contributed by atoms with Crippen molar-refractivity contribution in [2.24, 2.45) is 17.1 Å². The van der Waals surface area contributed by atoms with Gasteiger partial charge in [0.15, 0.2) is 0 Å². The van der Waals surface area contributed by atoms with Crippen LogP contribution in [-0.4, -0.2) is 16.6 Å². The molecule has 3 heteroatoms. The van der Waals surface area contributed by atoms with Crippen LogP contribution < -0.4 is 5.73 Å². The summed E-state index contributed by atoms with van der Waals surface area (Å²) < 4.78 is 0. The lowest BCUT2D eigenvalue weighted by Crippen LogP contribution is -2.38. The number of carboxylic acid groups (broad SMARTS) is 1. The molecule has 0 aliphatic carbocycles. The van der Waals surface area contributed by atoms with E-state index in [-0.39, 0.29) is 5.54 Å². The lowest BCUT2D eigenvalue weighted by atomic mass is 9.80. The van der Waals surface area contributed by atoms with Crippen LogP contribution in [0.2, 0.25) is 0 Å². The SMILES string of the molecule is CCC(C)C(C)(C)N.CCC(CC)(CC)C(=O)O. The van der Waals surface area contributed by atoms with Crippen LogP contribution >= 0.6 is 0 Å². The third-order valence-corrected chi connectivity index (χ3v) is 4.37. The predicted molar refractivity (Wildman–Crippen MR) is 78.7 cm³/mol. The van der Waals surface area contributed by atoms with Crippen molar-refractivity contribution in [2.75, 3.05) is 0 Å². The Hall–Kier alpha value is -0.570. The van der Waals surface area contributed by atoms with E-state index in [0.717, 1.165) is 19.3 Å². The molecule has 3 N–H and O–H groups in total. The van der Waals surface area contributed by atoms with E-state index in [2.05, 4.69) is 27.7 Å². The number of aliphatic carboxylic acids is 1. The third kappa shape index (κ3) is 6.39. The van der Waals surface area contributed by atoms with Gasteiger partial charge >= 0.3 is 5.97 Å². The fourth-order valence-electron chi connectivity index (χ4n) is 1.73. The fraction of sp³-hybridized carbons (Fsp3) is 0.933. The van der Waals surface area contributed by atoms with Crippen LogP contribution in [0.15, 0.2) is 0 Å². The highest BCUT2D eigenvalue weighted by molar-refractivity contribution is 5.74. The first kappa shape index (κ1) is 19.8. The highest BCUT2D eigenvalue weighted by atomic mass is 16.4. The van der Waals surface area contributed by atoms with Crippen molar-refractivity contribution in [3.8, 4) is 0 Å². The van der Waals surface area contributed by atoms with Gasteiger partial charge in [-0.1, -0.05) is 41.0 Å². The third-order valence-electron chi connectivity index (χ3n) is 4.37. The smallest absolute Gasteiger partial charge is 0.309 e. The van der Waals surface area contributed by atoms with Crippen molar-refractivity contribution in [3.63, 3.8) is 0 Å². The summed E-state index contributed by atoms with van der Waals surface area (Å²) in [7, 11) is 0. The van der Waals surface area contributed by atoms with E-state index in [1.54, 1.807) is 0 Å². The van der Waals surface area contributed by atoms with Gasteiger partial charge in [0.05, 0.1) is 5.41 Å². The summed E-state index contributed by atoms with van der Waals surface area (Å²) in [6.07, 6.45) is 3.36. The molecule has 0 radical (unpaired) electrons. The van der Waals surface area contributed by atoms with Gasteiger partial charge < -0.3 is 10.8 Å². The van der Waals surface area contributed by atoms with Crippen LogP contribution in [0.4, 0.5) is 0 Å². The Balaban J connectivity index is 0. The van der Waals surface area contributed by atoms with Crippen LogP contribution in [0.1, 0.15) is 74.1 Å². The molecule has 0 aromatic carbocycles. The van der Waals surface area contributed by atoms with Gasteiger partial charge in [0.1, 0.15) is 0 Å². The van der Waals surface area contributed by atoms with Crippen molar-refractivity contribution in [1.29, 1.82) is 0 Å². The van der Waals surface area contributed by atoms with E-state index in [0.29, 0.717) is 5.92 Å². The van der Waals surface area contributed by atoms with Gasteiger partial charge in [-0.05, 0) is 39.0 Å². The molecule has 0 bridgehead atoms. The summed E-state index contributed by atoms with van der Waals surface area (Å²) in [6.45, 7) is 14.3. The van der Waals surface area contributed by atoms with Crippen LogP contribution in [0, 0.1) is 11.3 Å². The van der Waals surface area contributed by atoms with Crippen LogP contribution in [0.3, 0.4) is 0 Å². The number of nitrogens with two attached hydrogens (primary N) is 1. The van der Waals surface area contributed by atoms with Crippen molar-refractivity contribution in [1.82, 2.24) is 0 Å². The van der Waals surface area contributed by atoms with Gasteiger partial charge in [0.25, 0.3) is 0 Å². The monoisotopic (exact) mass is 259 g/mol. The summed E-state index contributed by atoms with van der Waals surface area (Å²) in [5, 5.41) is 8.82. The highest BCUT2D eigenvalue weighted by Gasteiger charge is 2.32. The lowest BCUT2D eigenvalue weighted by Gasteiger charge is -2.25. The topological polar surface area (TPSA) is 63.3 Å². The number of hydrogen-bond acceptors (Lipinski definition) is 2. The van der Waals surface area contributed by atoms with E-state index < -0.39 is 11.4 Å². The average Bonchev–Trinajstić information content (AvgIpc) is 2.30. The molecule has 18 heavy (non-hydrogen) atoms. The van der Waals surface area contributed by atoms with Crippen LogP contribution in [-0.2, 0) is 4.79 Å². The Kier molecular flexibility index (Phi) is 9.35. The molecule has 0 heterocycles. The standard InChI is InChI=1S/C8H16O2.C7H17N/c1-4-8(5-2,6-3)7(9)10;1-5-6(2)7(3,4)8/h4-6H2,1-3H3,(H,9,10);6H,5,8H2,1-4H3. The predicted octanol–water partition coefficient (Wildman–Crippen LogP) is 4.06. The van der Waals surface area contributed by atoms with Gasteiger partial charge in [-0.3, -0.25) is 4.79 Å². The summed E-state index contributed by atoms with van der Waals surface area (Å²) in [5.74, 6) is -0.0255. The van der Waals surface area contributed by atoms with E-state index in [1.165, 1.54) is 6.42 Å². The molecule has 0 aromatic heterocycles. The minimum atomic E-state index is -0.653. The zero-order chi connectivity index (χ0) is 15.0. The maximum Gasteiger partial charge on any atom is 0.309 e. The molecular weight excluding hydrogens is 226 g/mol. The van der Waals surface area contributed by atoms with E-state index in [1.807, 2.05) is 20.8 Å². The molecule has 0 saturated carbocycles. The van der Waals surface area contributed by atoms with Gasteiger partial charge in [0.2, 0.25) is 0 Å². The Bertz CT molecular complexity index is 219. The molecule has 0 rings (SSSR count). The van der Waals surface area contributed by atoms with Crippen molar-refractivity contribution < 1.29 is 9.90 Å². The second-order valence-corrected chi connectivity index (χ2v) is 5.78. The van der Waals surface area contributed by atoms with E-state index in [4.69, 9.17) is 10.8 Å². The highest BCUT2D eigenvalue weighted by Crippen LogP contribution is 2.30. The van der Waals surface area contributed by atoms with Crippen LogP contribution in [0.5, 0.6) is 0 Å². The lowest BCUT2D eigenvalue weighted by molar-refractivity contribution is -0.149. The molecular formula is C15H33NO2. The summed E-state index contributed by atoms with van der Waals surface area (Å²) in [5.41, 5.74) is 5.34. The molecule has 110 valence electrons. The zero-order valence-corrected chi connectivity index (χ0v) is 13.3. The zero-order valence-electron chi connectivity index (χ0n) is 13.3. The Morgan fingerprint density at radius 2 is 1.44 bits per heavy atom. The molecule has 1 unspecified atom stereocenters. The summed E-state index contributed by atoms with van der Waals surface area (Å²) in [6, 6.07) is 0. The summed E-state index contributed by atoms with van der Waals surface area (Å²) in [4.78, 5) is 10.7. The Morgan fingerprint density at radius 1 is 1.11 bits per heavy atom. The van der Waals surface area contributed by atoms with Crippen molar-refractivity contribution >= 4 is 5.97 Å². The largest absolute Gasteiger partial charge is 0.481 e. The Labute approximate surface area is 113 Å². The normalized spacial score (nSPS) is 13.6. The minimum absolute atomic E-state index is 0.00868. The maximum absolute atomic E-state index is 10.7. The Morgan fingerprint density at radius 3 is 1.44 bits per heavy atom. The van der Waals surface area contributed by atoms with Crippen LogP contribution in [0.25, 0.3) is 0 Å². The first-order chi connectivity index (χ1) is 8.11. The number of carbonyl (C=O) groups is 1. The minimum Gasteiger partial charge on any atom is -0.481 e. The molecule has 1 atom stereocenters. The molecule has 0 saturated heterocycles. The molecule has 0 aliphatic heterocycles. The fourth-order valence-corrected chi connectivity index (χ4v) is 1.73. The van der Waals surface area contributed by atoms with Crippen molar-refractivity contribution in [2.45, 2.75) is 79.7 Å². The first-order valence-electron chi connectivity index (χ1n) is 7.13. The van der Waals surface area contributed by atoms with E-state index >= 15 is 0 Å². The van der Waals surface area contributed by atoms with Gasteiger partial charge in [-0.25, -0.2) is 0 Å². The molecule has 3 nitrogen and oxygen atoms in total. The summed E-state index contributed by atoms with van der Waals surface area (Å²) >= 11 is 0. The average molecular weight is 259 g/mol. The molecule has 0 aromatic rings. The molecule has 0 amide bonds. The number of hydrogen-bond donors (Lipinski definition) is 2. The number of rotatable bonds is 6. The van der Waals surface area contributed by atoms with Gasteiger partial charge in [-0.2, -0.15) is 0 Å². The maximum atomic E-state index is 10.7. The van der Waals surface area contributed by atoms with E-state index in [9.17, 15) is 4.79 Å². The van der Waals surface area contributed by atoms with Crippen molar-refractivity contribution in [3.05, 3.63) is 0 Å². The van der Waals surface area contributed by atoms with Gasteiger partial charge in [-0.15, -0.1) is 0 Å². The molecule has 0 aliphatic rings. The molecule has 0 spiro atoms. The quantitative estimate of drug-likeness (QED) is 0.756. The second kappa shape index (κ2) is 8.52. The number of carboxylic acids is 1. The first-order valence-corrected chi connectivity index (χ1v) is 7.13. The van der Waals surface area contributed by atoms with Gasteiger partial charge in [0, 0.05) is 5.54 Å². The second-order valence-electron chi connectivity index (χ2n) is 5.78. The molecule has 0 fully saturated rings.